The Hall–Kier alpha value is -2.21. The van der Waals surface area contributed by atoms with Crippen molar-refractivity contribution in [2.45, 2.75) is 45.4 Å². The number of hydrogen-bond acceptors (Lipinski definition) is 4. The Morgan fingerprint density at radius 1 is 1.42 bits per heavy atom. The standard InChI is InChI=1S/C21H28FN7O.HI/c1-3-23-21(24-9-8-14-11-25-18-10-15(22)4-6-17(14)18)26-16-5-7-20-27-19(13-30-2)28-29(20)12-16;/h4,6,10-11,16,25H,3,5,7-9,12-13H2,1-2H3,(H2,23,24,26);1H. The number of aliphatic imine (C=N–C) groups is 1. The molecule has 0 saturated carbocycles. The van der Waals surface area contributed by atoms with Gasteiger partial charge in [-0.25, -0.2) is 14.1 Å². The molecule has 168 valence electrons. The number of guanidine groups is 1. The highest BCUT2D eigenvalue weighted by molar-refractivity contribution is 14.0. The Kier molecular flexibility index (Phi) is 8.24. The van der Waals surface area contributed by atoms with Gasteiger partial charge in [-0.1, -0.05) is 0 Å². The minimum Gasteiger partial charge on any atom is -0.377 e. The molecule has 0 spiro atoms. The summed E-state index contributed by atoms with van der Waals surface area (Å²) in [6.45, 7) is 4.67. The number of ether oxygens (including phenoxy) is 1. The van der Waals surface area contributed by atoms with E-state index in [-0.39, 0.29) is 35.8 Å². The van der Waals surface area contributed by atoms with Crippen molar-refractivity contribution in [1.82, 2.24) is 30.4 Å². The fraction of sp³-hybridized carbons (Fsp3) is 0.476. The Labute approximate surface area is 198 Å². The summed E-state index contributed by atoms with van der Waals surface area (Å²) in [5, 5.41) is 12.4. The second-order valence-electron chi connectivity index (χ2n) is 7.45. The molecule has 3 aromatic rings. The quantitative estimate of drug-likeness (QED) is 0.243. The highest BCUT2D eigenvalue weighted by atomic mass is 127. The predicted octanol–water partition coefficient (Wildman–Crippen LogP) is 2.78. The number of nitrogens with one attached hydrogen (secondary N) is 3. The summed E-state index contributed by atoms with van der Waals surface area (Å²) in [5.74, 6) is 2.31. The summed E-state index contributed by atoms with van der Waals surface area (Å²) in [6.07, 6.45) is 4.56. The van der Waals surface area contributed by atoms with Gasteiger partial charge in [0.05, 0.1) is 6.54 Å². The average Bonchev–Trinajstić information content (AvgIpc) is 3.31. The second kappa shape index (κ2) is 10.9. The van der Waals surface area contributed by atoms with Crippen LogP contribution in [0.2, 0.25) is 0 Å². The zero-order valence-corrected chi connectivity index (χ0v) is 20.2. The van der Waals surface area contributed by atoms with Crippen LogP contribution >= 0.6 is 24.0 Å². The number of H-pyrrole nitrogens is 1. The van der Waals surface area contributed by atoms with Crippen LogP contribution in [-0.4, -0.2) is 51.9 Å². The molecule has 0 bridgehead atoms. The van der Waals surface area contributed by atoms with E-state index in [1.807, 2.05) is 16.9 Å². The van der Waals surface area contributed by atoms with E-state index in [0.717, 1.165) is 66.4 Å². The van der Waals surface area contributed by atoms with Crippen molar-refractivity contribution in [2.24, 2.45) is 4.99 Å². The summed E-state index contributed by atoms with van der Waals surface area (Å²) in [7, 11) is 1.65. The first-order valence-electron chi connectivity index (χ1n) is 10.4. The Morgan fingerprint density at radius 2 is 2.29 bits per heavy atom. The lowest BCUT2D eigenvalue weighted by Gasteiger charge is -2.25. The number of methoxy groups -OCH3 is 1. The maximum Gasteiger partial charge on any atom is 0.191 e. The molecule has 1 aliphatic rings. The smallest absolute Gasteiger partial charge is 0.191 e. The highest BCUT2D eigenvalue weighted by Gasteiger charge is 2.22. The van der Waals surface area contributed by atoms with Crippen LogP contribution in [0.4, 0.5) is 4.39 Å². The molecule has 31 heavy (non-hydrogen) atoms. The molecule has 3 heterocycles. The van der Waals surface area contributed by atoms with Crippen molar-refractivity contribution < 1.29 is 9.13 Å². The van der Waals surface area contributed by atoms with Crippen molar-refractivity contribution in [2.75, 3.05) is 20.2 Å². The van der Waals surface area contributed by atoms with Crippen LogP contribution in [0, 0.1) is 5.82 Å². The lowest BCUT2D eigenvalue weighted by atomic mass is 10.1. The van der Waals surface area contributed by atoms with Crippen LogP contribution in [0.5, 0.6) is 0 Å². The third-order valence-electron chi connectivity index (χ3n) is 5.24. The number of aromatic nitrogens is 4. The zero-order valence-electron chi connectivity index (χ0n) is 17.8. The SMILES string of the molecule is CCNC(=NCCc1c[nH]c2cc(F)ccc12)NC1CCc2nc(COC)nn2C1.I. The van der Waals surface area contributed by atoms with Crippen LogP contribution in [0.1, 0.15) is 30.6 Å². The van der Waals surface area contributed by atoms with E-state index in [9.17, 15) is 4.39 Å². The van der Waals surface area contributed by atoms with E-state index in [4.69, 9.17) is 9.73 Å². The van der Waals surface area contributed by atoms with E-state index in [2.05, 4.69) is 32.6 Å². The Balaban J connectivity index is 0.00000272. The molecule has 4 rings (SSSR count). The maximum atomic E-state index is 13.4. The fourth-order valence-corrected chi connectivity index (χ4v) is 3.84. The topological polar surface area (TPSA) is 92.2 Å². The Morgan fingerprint density at radius 3 is 3.10 bits per heavy atom. The van der Waals surface area contributed by atoms with Gasteiger partial charge in [-0.3, -0.25) is 4.99 Å². The van der Waals surface area contributed by atoms with Gasteiger partial charge >= 0.3 is 0 Å². The fourth-order valence-electron chi connectivity index (χ4n) is 3.84. The van der Waals surface area contributed by atoms with E-state index in [0.29, 0.717) is 13.2 Å². The molecule has 0 aliphatic carbocycles. The number of aromatic amines is 1. The van der Waals surface area contributed by atoms with Gasteiger partial charge in [0.15, 0.2) is 11.8 Å². The molecule has 8 nitrogen and oxygen atoms in total. The van der Waals surface area contributed by atoms with Crippen LogP contribution < -0.4 is 10.6 Å². The van der Waals surface area contributed by atoms with Crippen LogP contribution in [0.15, 0.2) is 29.4 Å². The van der Waals surface area contributed by atoms with E-state index in [1.165, 1.54) is 12.1 Å². The summed E-state index contributed by atoms with van der Waals surface area (Å²) < 4.78 is 20.5. The minimum absolute atomic E-state index is 0. The predicted molar refractivity (Wildman–Crippen MR) is 129 cm³/mol. The van der Waals surface area contributed by atoms with E-state index < -0.39 is 0 Å². The van der Waals surface area contributed by atoms with Gasteiger partial charge in [-0.15, -0.1) is 24.0 Å². The second-order valence-corrected chi connectivity index (χ2v) is 7.45. The van der Waals surface area contributed by atoms with Gasteiger partial charge in [-0.2, -0.15) is 5.10 Å². The lowest BCUT2D eigenvalue weighted by molar-refractivity contribution is 0.177. The number of hydrogen-bond donors (Lipinski definition) is 3. The van der Waals surface area contributed by atoms with E-state index >= 15 is 0 Å². The Bertz CT molecular complexity index is 1030. The average molecular weight is 541 g/mol. The molecule has 3 N–H and O–H groups in total. The summed E-state index contributed by atoms with van der Waals surface area (Å²) >= 11 is 0. The molecule has 2 aromatic heterocycles. The van der Waals surface area contributed by atoms with Crippen molar-refractivity contribution in [3.05, 3.63) is 47.4 Å². The first-order valence-corrected chi connectivity index (χ1v) is 10.4. The van der Waals surface area contributed by atoms with Crippen LogP contribution in [-0.2, 0) is 30.7 Å². The number of nitrogens with zero attached hydrogens (tertiary/aromatic N) is 4. The molecule has 1 aromatic carbocycles. The van der Waals surface area contributed by atoms with Crippen molar-refractivity contribution in [1.29, 1.82) is 0 Å². The first-order chi connectivity index (χ1) is 14.7. The molecule has 0 saturated heterocycles. The molecule has 10 heteroatoms. The van der Waals surface area contributed by atoms with Gasteiger partial charge in [-0.05, 0) is 43.5 Å². The van der Waals surface area contributed by atoms with E-state index in [1.54, 1.807) is 7.11 Å². The van der Waals surface area contributed by atoms with Gasteiger partial charge in [0.2, 0.25) is 0 Å². The number of rotatable bonds is 7. The van der Waals surface area contributed by atoms with Gasteiger partial charge in [0.25, 0.3) is 0 Å². The van der Waals surface area contributed by atoms with Gasteiger partial charge in [0, 0.05) is 49.8 Å². The minimum atomic E-state index is -0.232. The molecular formula is C21H29FIN7O. The molecular weight excluding hydrogens is 512 g/mol. The molecule has 0 fully saturated rings. The largest absolute Gasteiger partial charge is 0.377 e. The highest BCUT2D eigenvalue weighted by Crippen LogP contribution is 2.19. The summed E-state index contributed by atoms with van der Waals surface area (Å²) in [4.78, 5) is 12.4. The zero-order chi connectivity index (χ0) is 20.9. The lowest BCUT2D eigenvalue weighted by Crippen LogP contribution is -2.47. The van der Waals surface area contributed by atoms with Gasteiger partial charge in [0.1, 0.15) is 18.2 Å². The van der Waals surface area contributed by atoms with Crippen molar-refractivity contribution in [3.63, 3.8) is 0 Å². The normalized spacial score (nSPS) is 16.1. The number of benzene rings is 1. The number of aryl methyl sites for hydroxylation is 1. The third kappa shape index (κ3) is 5.73. The molecule has 0 amide bonds. The number of halogens is 2. The third-order valence-corrected chi connectivity index (χ3v) is 5.24. The van der Waals surface area contributed by atoms with Crippen molar-refractivity contribution >= 4 is 40.8 Å². The van der Waals surface area contributed by atoms with Crippen LogP contribution in [0.25, 0.3) is 10.9 Å². The molecule has 0 radical (unpaired) electrons. The molecule has 1 unspecified atom stereocenters. The summed E-state index contributed by atoms with van der Waals surface area (Å²) in [5.41, 5.74) is 1.96. The maximum absolute atomic E-state index is 13.4. The van der Waals surface area contributed by atoms with Crippen molar-refractivity contribution in [3.8, 4) is 0 Å². The van der Waals surface area contributed by atoms with Crippen LogP contribution in [0.3, 0.4) is 0 Å². The van der Waals surface area contributed by atoms with Gasteiger partial charge < -0.3 is 20.4 Å². The monoisotopic (exact) mass is 541 g/mol. The first kappa shape index (κ1) is 23.5. The molecule has 1 aliphatic heterocycles. The number of fused-ring (bicyclic) bond motifs is 2. The summed E-state index contributed by atoms with van der Waals surface area (Å²) in [6, 6.07) is 5.07. The molecule has 1 atom stereocenters.